The molecule has 1 aromatic carbocycles. The van der Waals surface area contributed by atoms with Gasteiger partial charge in [0.1, 0.15) is 12.0 Å². The molecule has 0 aliphatic carbocycles. The Morgan fingerprint density at radius 3 is 2.17 bits per heavy atom. The number of alkyl halides is 1. The molecule has 0 saturated carbocycles. The zero-order chi connectivity index (χ0) is 8.27. The first-order chi connectivity index (χ1) is 5.24. The molecule has 0 spiro atoms. The van der Waals surface area contributed by atoms with Gasteiger partial charge in [0, 0.05) is 6.54 Å². The van der Waals surface area contributed by atoms with Gasteiger partial charge in [0.25, 0.3) is 0 Å². The number of hydrogen-bond donors (Lipinski definition) is 1. The molecule has 0 saturated heterocycles. The predicted octanol–water partition coefficient (Wildman–Crippen LogP) is 2.22. The first-order valence-corrected chi connectivity index (χ1v) is 3.33. The second-order valence-corrected chi connectivity index (χ2v) is 2.25. The molecule has 0 heterocycles. The van der Waals surface area contributed by atoms with E-state index in [0.717, 1.165) is 0 Å². The summed E-state index contributed by atoms with van der Waals surface area (Å²) < 4.78 is 25.0. The number of nitrogens with two attached hydrogens (primary N) is 1. The fourth-order valence-electron chi connectivity index (χ4n) is 0.808. The fraction of sp³-hybridized carbons (Fsp3) is 0.250. The summed E-state index contributed by atoms with van der Waals surface area (Å²) >= 11 is 0. The standard InChI is InChI=1S/C8H9F2N.ClH/c9-7-3-1-6(2-4-7)8(10)5-11;/h1-4,8H,5,11H2;1H. The van der Waals surface area contributed by atoms with Gasteiger partial charge in [-0.2, -0.15) is 0 Å². The third-order valence-corrected chi connectivity index (χ3v) is 1.44. The lowest BCUT2D eigenvalue weighted by Crippen LogP contribution is -2.07. The molecule has 0 bridgehead atoms. The zero-order valence-electron chi connectivity index (χ0n) is 6.34. The summed E-state index contributed by atoms with van der Waals surface area (Å²) in [4.78, 5) is 0. The Labute approximate surface area is 76.0 Å². The molecule has 12 heavy (non-hydrogen) atoms. The minimum Gasteiger partial charge on any atom is -0.327 e. The van der Waals surface area contributed by atoms with Gasteiger partial charge in [0.15, 0.2) is 0 Å². The van der Waals surface area contributed by atoms with Crippen LogP contribution in [0.25, 0.3) is 0 Å². The quantitative estimate of drug-likeness (QED) is 0.766. The zero-order valence-corrected chi connectivity index (χ0v) is 7.15. The van der Waals surface area contributed by atoms with Gasteiger partial charge in [0.2, 0.25) is 0 Å². The van der Waals surface area contributed by atoms with Gasteiger partial charge in [-0.3, -0.25) is 0 Å². The van der Waals surface area contributed by atoms with Crippen LogP contribution in [0, 0.1) is 5.82 Å². The fourth-order valence-corrected chi connectivity index (χ4v) is 0.808. The van der Waals surface area contributed by atoms with Crippen molar-refractivity contribution in [2.45, 2.75) is 6.17 Å². The van der Waals surface area contributed by atoms with Gasteiger partial charge in [-0.1, -0.05) is 12.1 Å². The van der Waals surface area contributed by atoms with Crippen molar-refractivity contribution in [1.29, 1.82) is 0 Å². The van der Waals surface area contributed by atoms with Crippen molar-refractivity contribution in [2.75, 3.05) is 6.54 Å². The lowest BCUT2D eigenvalue weighted by Gasteiger charge is -2.03. The van der Waals surface area contributed by atoms with Crippen LogP contribution in [0.5, 0.6) is 0 Å². The molecule has 0 radical (unpaired) electrons. The van der Waals surface area contributed by atoms with Crippen molar-refractivity contribution in [3.8, 4) is 0 Å². The van der Waals surface area contributed by atoms with E-state index in [2.05, 4.69) is 0 Å². The van der Waals surface area contributed by atoms with E-state index in [0.29, 0.717) is 5.56 Å². The van der Waals surface area contributed by atoms with E-state index in [-0.39, 0.29) is 24.8 Å². The second-order valence-electron chi connectivity index (χ2n) is 2.25. The molecule has 0 aliphatic heterocycles. The smallest absolute Gasteiger partial charge is 0.137 e. The van der Waals surface area contributed by atoms with E-state index < -0.39 is 6.17 Å². The summed E-state index contributed by atoms with van der Waals surface area (Å²) in [5.74, 6) is -0.363. The highest BCUT2D eigenvalue weighted by Crippen LogP contribution is 2.15. The molecule has 2 N–H and O–H groups in total. The van der Waals surface area contributed by atoms with Crippen molar-refractivity contribution < 1.29 is 8.78 Å². The molecular formula is C8H10ClF2N. The Morgan fingerprint density at radius 1 is 1.25 bits per heavy atom. The maximum absolute atomic E-state index is 12.7. The Balaban J connectivity index is 0.00000121. The molecule has 1 atom stereocenters. The van der Waals surface area contributed by atoms with Crippen molar-refractivity contribution in [3.63, 3.8) is 0 Å². The summed E-state index contributed by atoms with van der Waals surface area (Å²) in [6.45, 7) is -0.0639. The minimum atomic E-state index is -1.18. The third kappa shape index (κ3) is 2.75. The van der Waals surface area contributed by atoms with Crippen LogP contribution >= 0.6 is 12.4 Å². The summed E-state index contributed by atoms with van der Waals surface area (Å²) in [5, 5.41) is 0. The molecule has 0 aliphatic rings. The van der Waals surface area contributed by atoms with Crippen LogP contribution in [-0.4, -0.2) is 6.54 Å². The summed E-state index contributed by atoms with van der Waals surface area (Å²) in [6.07, 6.45) is -1.18. The maximum atomic E-state index is 12.7. The average molecular weight is 194 g/mol. The number of halogens is 3. The van der Waals surface area contributed by atoms with Crippen LogP contribution in [-0.2, 0) is 0 Å². The van der Waals surface area contributed by atoms with Gasteiger partial charge in [0.05, 0.1) is 0 Å². The van der Waals surface area contributed by atoms with E-state index >= 15 is 0 Å². The van der Waals surface area contributed by atoms with Crippen molar-refractivity contribution in [1.82, 2.24) is 0 Å². The molecule has 0 amide bonds. The Bertz CT molecular complexity index is 225. The highest BCUT2D eigenvalue weighted by atomic mass is 35.5. The monoisotopic (exact) mass is 193 g/mol. The highest BCUT2D eigenvalue weighted by molar-refractivity contribution is 5.85. The van der Waals surface area contributed by atoms with E-state index in [9.17, 15) is 8.78 Å². The normalized spacial score (nSPS) is 11.9. The largest absolute Gasteiger partial charge is 0.327 e. The van der Waals surface area contributed by atoms with Crippen molar-refractivity contribution in [2.24, 2.45) is 5.73 Å². The average Bonchev–Trinajstić information content (AvgIpc) is 2.05. The van der Waals surface area contributed by atoms with Crippen LogP contribution in [0.2, 0.25) is 0 Å². The van der Waals surface area contributed by atoms with E-state index in [1.165, 1.54) is 24.3 Å². The lowest BCUT2D eigenvalue weighted by molar-refractivity contribution is 0.352. The molecule has 0 fully saturated rings. The van der Waals surface area contributed by atoms with Crippen molar-refractivity contribution in [3.05, 3.63) is 35.6 Å². The van der Waals surface area contributed by atoms with Crippen LogP contribution < -0.4 is 5.73 Å². The minimum absolute atomic E-state index is 0. The van der Waals surface area contributed by atoms with Gasteiger partial charge < -0.3 is 5.73 Å². The van der Waals surface area contributed by atoms with Crippen LogP contribution in [0.1, 0.15) is 11.7 Å². The second kappa shape index (κ2) is 5.06. The molecule has 68 valence electrons. The van der Waals surface area contributed by atoms with Crippen LogP contribution in [0.3, 0.4) is 0 Å². The summed E-state index contributed by atoms with van der Waals surface area (Å²) in [6, 6.07) is 5.23. The lowest BCUT2D eigenvalue weighted by atomic mass is 10.1. The molecular weight excluding hydrogens is 184 g/mol. The van der Waals surface area contributed by atoms with E-state index in [4.69, 9.17) is 5.73 Å². The third-order valence-electron chi connectivity index (χ3n) is 1.44. The van der Waals surface area contributed by atoms with Crippen LogP contribution in [0.4, 0.5) is 8.78 Å². The number of hydrogen-bond acceptors (Lipinski definition) is 1. The van der Waals surface area contributed by atoms with E-state index in [1.54, 1.807) is 0 Å². The van der Waals surface area contributed by atoms with Gasteiger partial charge >= 0.3 is 0 Å². The number of benzene rings is 1. The Hall–Kier alpha value is -0.670. The predicted molar refractivity (Wildman–Crippen MR) is 46.6 cm³/mol. The van der Waals surface area contributed by atoms with Gasteiger partial charge in [-0.15, -0.1) is 12.4 Å². The highest BCUT2D eigenvalue weighted by Gasteiger charge is 2.05. The first kappa shape index (κ1) is 11.3. The molecule has 1 nitrogen and oxygen atoms in total. The van der Waals surface area contributed by atoms with Gasteiger partial charge in [-0.25, -0.2) is 8.78 Å². The Morgan fingerprint density at radius 2 is 1.75 bits per heavy atom. The molecule has 1 rings (SSSR count). The summed E-state index contributed by atoms with van der Waals surface area (Å²) in [5.41, 5.74) is 5.50. The Kier molecular flexibility index (Phi) is 4.78. The molecule has 1 unspecified atom stereocenters. The molecule has 0 aromatic heterocycles. The number of rotatable bonds is 2. The van der Waals surface area contributed by atoms with Crippen molar-refractivity contribution >= 4 is 12.4 Å². The topological polar surface area (TPSA) is 26.0 Å². The first-order valence-electron chi connectivity index (χ1n) is 3.33. The van der Waals surface area contributed by atoms with Crippen LogP contribution in [0.15, 0.2) is 24.3 Å². The maximum Gasteiger partial charge on any atom is 0.137 e. The van der Waals surface area contributed by atoms with Gasteiger partial charge in [-0.05, 0) is 17.7 Å². The molecule has 4 heteroatoms. The van der Waals surface area contributed by atoms with E-state index in [1.807, 2.05) is 0 Å². The summed E-state index contributed by atoms with van der Waals surface area (Å²) in [7, 11) is 0. The molecule has 1 aromatic rings. The SMILES string of the molecule is Cl.NCC(F)c1ccc(F)cc1.